The van der Waals surface area contributed by atoms with Crippen LogP contribution in [0.1, 0.15) is 45.4 Å². The van der Waals surface area contributed by atoms with E-state index in [2.05, 4.69) is 16.0 Å². The van der Waals surface area contributed by atoms with Crippen molar-refractivity contribution in [1.29, 1.82) is 0 Å². The van der Waals surface area contributed by atoms with Crippen molar-refractivity contribution in [3.05, 3.63) is 0 Å². The lowest BCUT2D eigenvalue weighted by Gasteiger charge is -2.37. The number of rotatable bonds is 6. The van der Waals surface area contributed by atoms with Gasteiger partial charge >= 0.3 is 6.03 Å². The van der Waals surface area contributed by atoms with Crippen LogP contribution < -0.4 is 16.0 Å². The Kier molecular flexibility index (Phi) is 7.70. The van der Waals surface area contributed by atoms with E-state index in [4.69, 9.17) is 4.74 Å². The lowest BCUT2D eigenvalue weighted by molar-refractivity contribution is -0.137. The van der Waals surface area contributed by atoms with Gasteiger partial charge in [-0.15, -0.1) is 12.4 Å². The minimum atomic E-state index is -0.818. The summed E-state index contributed by atoms with van der Waals surface area (Å²) in [6, 6.07) is -0.447. The van der Waals surface area contributed by atoms with Gasteiger partial charge in [0, 0.05) is 19.1 Å². The molecular weight excluding hydrogens is 384 g/mol. The van der Waals surface area contributed by atoms with E-state index >= 15 is 0 Å². The van der Waals surface area contributed by atoms with Gasteiger partial charge < -0.3 is 20.7 Å². The summed E-state index contributed by atoms with van der Waals surface area (Å²) in [7, 11) is 1.67. The highest BCUT2D eigenvalue weighted by Crippen LogP contribution is 2.38. The minimum Gasteiger partial charge on any atom is -0.384 e. The third kappa shape index (κ3) is 4.44. The number of piperidine rings is 1. The Labute approximate surface area is 172 Å². The first-order valence-corrected chi connectivity index (χ1v) is 10.0. The van der Waals surface area contributed by atoms with Gasteiger partial charge in [-0.3, -0.25) is 14.5 Å². The van der Waals surface area contributed by atoms with Crippen molar-refractivity contribution in [2.75, 3.05) is 39.9 Å². The Bertz CT molecular complexity index is 591. The molecule has 0 radical (unpaired) electrons. The molecule has 2 aliphatic heterocycles. The van der Waals surface area contributed by atoms with Crippen LogP contribution in [0.2, 0.25) is 0 Å². The van der Waals surface area contributed by atoms with Gasteiger partial charge in [-0.2, -0.15) is 0 Å². The molecule has 3 rings (SSSR count). The van der Waals surface area contributed by atoms with Gasteiger partial charge in [-0.05, 0) is 44.7 Å². The fourth-order valence-electron chi connectivity index (χ4n) is 4.76. The predicted molar refractivity (Wildman–Crippen MR) is 107 cm³/mol. The molecule has 0 bridgehead atoms. The number of amides is 4. The van der Waals surface area contributed by atoms with Crippen LogP contribution in [0.5, 0.6) is 0 Å². The van der Waals surface area contributed by atoms with Crippen molar-refractivity contribution >= 4 is 30.3 Å². The Morgan fingerprint density at radius 2 is 1.96 bits per heavy atom. The highest BCUT2D eigenvalue weighted by atomic mass is 35.5. The summed E-state index contributed by atoms with van der Waals surface area (Å²) >= 11 is 0. The average Bonchev–Trinajstić information content (AvgIpc) is 2.89. The summed E-state index contributed by atoms with van der Waals surface area (Å²) in [4.78, 5) is 38.9. The maximum atomic E-state index is 12.9. The van der Waals surface area contributed by atoms with Crippen molar-refractivity contribution in [2.24, 2.45) is 11.3 Å². The third-order valence-electron chi connectivity index (χ3n) is 6.58. The van der Waals surface area contributed by atoms with Crippen molar-refractivity contribution in [3.63, 3.8) is 0 Å². The van der Waals surface area contributed by atoms with E-state index in [1.165, 1.54) is 0 Å². The Morgan fingerprint density at radius 3 is 2.61 bits per heavy atom. The lowest BCUT2D eigenvalue weighted by Crippen LogP contribution is -2.54. The molecule has 160 valence electrons. The van der Waals surface area contributed by atoms with Crippen LogP contribution in [-0.4, -0.2) is 68.2 Å². The summed E-state index contributed by atoms with van der Waals surface area (Å²) < 4.78 is 5.36. The van der Waals surface area contributed by atoms with E-state index in [0.717, 1.165) is 50.1 Å². The van der Waals surface area contributed by atoms with Gasteiger partial charge in [0.1, 0.15) is 12.1 Å². The number of halogens is 1. The highest BCUT2D eigenvalue weighted by molar-refractivity contribution is 6.09. The number of carbonyl (C=O) groups is 3. The molecule has 2 unspecified atom stereocenters. The first-order chi connectivity index (χ1) is 12.9. The first-order valence-electron chi connectivity index (χ1n) is 10.0. The number of hydrogen-bond donors (Lipinski definition) is 3. The van der Waals surface area contributed by atoms with E-state index in [1.807, 2.05) is 6.92 Å². The van der Waals surface area contributed by atoms with E-state index < -0.39 is 11.6 Å². The summed E-state index contributed by atoms with van der Waals surface area (Å²) in [5.41, 5.74) is -0.909. The second kappa shape index (κ2) is 9.41. The van der Waals surface area contributed by atoms with Crippen molar-refractivity contribution in [3.8, 4) is 0 Å². The molecule has 3 fully saturated rings. The van der Waals surface area contributed by atoms with E-state index in [0.29, 0.717) is 19.6 Å². The molecule has 4 amide bonds. The number of methoxy groups -OCH3 is 1. The van der Waals surface area contributed by atoms with Crippen LogP contribution in [0.15, 0.2) is 0 Å². The molecule has 3 N–H and O–H groups in total. The number of urea groups is 1. The average molecular weight is 417 g/mol. The van der Waals surface area contributed by atoms with E-state index in [1.54, 1.807) is 7.11 Å². The number of carbonyl (C=O) groups excluding carboxylic acids is 3. The topological polar surface area (TPSA) is 99.8 Å². The third-order valence-corrected chi connectivity index (χ3v) is 6.58. The Balaban J connectivity index is 0.00000280. The number of imide groups is 1. The lowest BCUT2D eigenvalue weighted by atomic mass is 9.73. The zero-order valence-electron chi connectivity index (χ0n) is 16.8. The quantitative estimate of drug-likeness (QED) is 0.562. The zero-order valence-corrected chi connectivity index (χ0v) is 17.7. The molecule has 28 heavy (non-hydrogen) atoms. The molecular formula is C19H33ClN4O4. The molecule has 8 nitrogen and oxygen atoms in total. The maximum absolute atomic E-state index is 12.9. The minimum absolute atomic E-state index is 0. The molecule has 2 heterocycles. The molecule has 0 aromatic heterocycles. The van der Waals surface area contributed by atoms with Crippen LogP contribution in [0.25, 0.3) is 0 Å². The smallest absolute Gasteiger partial charge is 0.325 e. The summed E-state index contributed by atoms with van der Waals surface area (Å²) in [6.07, 6.45) is 5.41. The van der Waals surface area contributed by atoms with Crippen molar-refractivity contribution < 1.29 is 19.1 Å². The SMILES string of the molecule is COCC1(CNC(=O)CN2C(=O)NC3(CCCCC3C)C2=O)CCNCC1.Cl. The van der Waals surface area contributed by atoms with Gasteiger partial charge in [-0.1, -0.05) is 19.8 Å². The molecule has 0 aromatic carbocycles. The van der Waals surface area contributed by atoms with Crippen LogP contribution >= 0.6 is 12.4 Å². The van der Waals surface area contributed by atoms with Gasteiger partial charge in [0.15, 0.2) is 0 Å². The van der Waals surface area contributed by atoms with Crippen LogP contribution in [-0.2, 0) is 14.3 Å². The monoisotopic (exact) mass is 416 g/mol. The second-order valence-electron chi connectivity index (χ2n) is 8.40. The van der Waals surface area contributed by atoms with E-state index in [-0.39, 0.29) is 42.1 Å². The molecule has 1 spiro atoms. The standard InChI is InChI=1S/C19H32N4O4.ClH/c1-14-5-3-4-6-19(14)16(25)23(17(26)22-19)11-15(24)21-12-18(13-27-2)7-9-20-10-8-18;/h14,20H,3-13H2,1-2H3,(H,21,24)(H,22,26);1H. The summed E-state index contributed by atoms with van der Waals surface area (Å²) in [5, 5.41) is 9.13. The summed E-state index contributed by atoms with van der Waals surface area (Å²) in [5.74, 6) is -0.452. The second-order valence-corrected chi connectivity index (χ2v) is 8.40. The van der Waals surface area contributed by atoms with Crippen LogP contribution in [0.3, 0.4) is 0 Å². The predicted octanol–water partition coefficient (Wildman–Crippen LogP) is 1.04. The number of ether oxygens (including phenoxy) is 1. The molecule has 1 aliphatic carbocycles. The number of nitrogens with one attached hydrogen (secondary N) is 3. The van der Waals surface area contributed by atoms with Crippen molar-refractivity contribution in [2.45, 2.75) is 51.0 Å². The van der Waals surface area contributed by atoms with Gasteiger partial charge in [0.05, 0.1) is 6.61 Å². The first kappa shape index (κ1) is 22.9. The fourth-order valence-corrected chi connectivity index (χ4v) is 4.76. The number of nitrogens with zero attached hydrogens (tertiary/aromatic N) is 1. The van der Waals surface area contributed by atoms with Gasteiger partial charge in [0.25, 0.3) is 5.91 Å². The largest absolute Gasteiger partial charge is 0.384 e. The molecule has 0 aromatic rings. The summed E-state index contributed by atoms with van der Waals surface area (Å²) in [6.45, 7) is 4.65. The maximum Gasteiger partial charge on any atom is 0.325 e. The fraction of sp³-hybridized carbons (Fsp3) is 0.842. The normalized spacial score (nSPS) is 29.4. The van der Waals surface area contributed by atoms with Crippen LogP contribution in [0.4, 0.5) is 4.79 Å². The number of hydrogen-bond acceptors (Lipinski definition) is 5. The molecule has 2 saturated heterocycles. The molecule has 3 aliphatic rings. The molecule has 1 saturated carbocycles. The zero-order chi connectivity index (χ0) is 19.5. The molecule has 2 atom stereocenters. The Morgan fingerprint density at radius 1 is 1.25 bits per heavy atom. The van der Waals surface area contributed by atoms with Gasteiger partial charge in [-0.25, -0.2) is 4.79 Å². The highest BCUT2D eigenvalue weighted by Gasteiger charge is 2.55. The Hall–Kier alpha value is -1.38. The van der Waals surface area contributed by atoms with Gasteiger partial charge in [0.2, 0.25) is 5.91 Å². The van der Waals surface area contributed by atoms with Crippen molar-refractivity contribution in [1.82, 2.24) is 20.9 Å². The molecule has 9 heteroatoms. The van der Waals surface area contributed by atoms with Crippen LogP contribution in [0, 0.1) is 11.3 Å². The van der Waals surface area contributed by atoms with E-state index in [9.17, 15) is 14.4 Å².